The van der Waals surface area contributed by atoms with Gasteiger partial charge in [-0.25, -0.2) is 13.6 Å². The molecule has 116 valence electrons. The van der Waals surface area contributed by atoms with Crippen LogP contribution in [0.25, 0.3) is 10.9 Å². The standard InChI is InChI=1S/C16H9ClF2N2O2/c17-13-3-4-14(15-12(13)2-1-5-20-15)23-16(22)21-11-7-9(18)6-10(19)8-11/h1-8H,(H,21,22). The number of nitrogens with one attached hydrogen (secondary N) is 1. The number of carbonyl (C=O) groups excluding carboxylic acids is 1. The van der Waals surface area contributed by atoms with E-state index < -0.39 is 17.7 Å². The highest BCUT2D eigenvalue weighted by atomic mass is 35.5. The molecular formula is C16H9ClF2N2O2. The molecule has 0 atom stereocenters. The average molecular weight is 335 g/mol. The Kier molecular flexibility index (Phi) is 4.08. The number of halogens is 3. The maximum absolute atomic E-state index is 13.1. The van der Waals surface area contributed by atoms with Crippen LogP contribution in [0.2, 0.25) is 5.02 Å². The molecule has 1 amide bonds. The molecule has 0 aliphatic heterocycles. The van der Waals surface area contributed by atoms with E-state index in [0.29, 0.717) is 22.0 Å². The molecule has 0 spiro atoms. The predicted octanol–water partition coefficient (Wildman–Crippen LogP) is 4.78. The highest BCUT2D eigenvalue weighted by molar-refractivity contribution is 6.35. The van der Waals surface area contributed by atoms with E-state index in [2.05, 4.69) is 10.3 Å². The molecule has 0 fully saturated rings. The lowest BCUT2D eigenvalue weighted by molar-refractivity contribution is 0.215. The van der Waals surface area contributed by atoms with Crippen molar-refractivity contribution in [2.24, 2.45) is 0 Å². The van der Waals surface area contributed by atoms with Crippen LogP contribution in [-0.4, -0.2) is 11.1 Å². The molecule has 7 heteroatoms. The summed E-state index contributed by atoms with van der Waals surface area (Å²) in [4.78, 5) is 16.0. The Bertz CT molecular complexity index is 882. The van der Waals surface area contributed by atoms with Gasteiger partial charge in [0.05, 0.1) is 5.02 Å². The molecule has 0 unspecified atom stereocenters. The number of hydrogen-bond donors (Lipinski definition) is 1. The SMILES string of the molecule is O=C(Nc1cc(F)cc(F)c1)Oc1ccc(Cl)c2cccnc12. The molecule has 1 N–H and O–H groups in total. The van der Waals surface area contributed by atoms with Gasteiger partial charge in [0.15, 0.2) is 5.75 Å². The Morgan fingerprint density at radius 2 is 1.87 bits per heavy atom. The molecular weight excluding hydrogens is 326 g/mol. The van der Waals surface area contributed by atoms with E-state index in [9.17, 15) is 13.6 Å². The summed E-state index contributed by atoms with van der Waals surface area (Å²) in [7, 11) is 0. The van der Waals surface area contributed by atoms with Gasteiger partial charge in [0.1, 0.15) is 17.2 Å². The minimum absolute atomic E-state index is 0.0567. The number of hydrogen-bond acceptors (Lipinski definition) is 3. The minimum Gasteiger partial charge on any atom is -0.408 e. The molecule has 23 heavy (non-hydrogen) atoms. The Morgan fingerprint density at radius 1 is 1.13 bits per heavy atom. The van der Waals surface area contributed by atoms with Crippen molar-refractivity contribution < 1.29 is 18.3 Å². The van der Waals surface area contributed by atoms with Crippen molar-refractivity contribution in [2.75, 3.05) is 5.32 Å². The van der Waals surface area contributed by atoms with Crippen LogP contribution in [0.5, 0.6) is 5.75 Å². The number of amides is 1. The molecule has 0 saturated carbocycles. The van der Waals surface area contributed by atoms with Gasteiger partial charge in [-0.05, 0) is 36.4 Å². The fourth-order valence-corrected chi connectivity index (χ4v) is 2.28. The quantitative estimate of drug-likeness (QED) is 0.734. The molecule has 1 heterocycles. The summed E-state index contributed by atoms with van der Waals surface area (Å²) in [5.41, 5.74) is 0.347. The monoisotopic (exact) mass is 334 g/mol. The van der Waals surface area contributed by atoms with Gasteiger partial charge in [0.2, 0.25) is 0 Å². The lowest BCUT2D eigenvalue weighted by Gasteiger charge is -2.09. The number of fused-ring (bicyclic) bond motifs is 1. The third-order valence-corrected chi connectivity index (χ3v) is 3.32. The van der Waals surface area contributed by atoms with Gasteiger partial charge >= 0.3 is 6.09 Å². The summed E-state index contributed by atoms with van der Waals surface area (Å²) in [6.07, 6.45) is 0.634. The summed E-state index contributed by atoms with van der Waals surface area (Å²) < 4.78 is 31.4. The summed E-state index contributed by atoms with van der Waals surface area (Å²) in [5, 5.41) is 3.34. The number of pyridine rings is 1. The number of carbonyl (C=O) groups is 1. The first kappa shape index (κ1) is 15.2. The molecule has 3 aromatic rings. The average Bonchev–Trinajstić information content (AvgIpc) is 2.49. The van der Waals surface area contributed by atoms with Crippen LogP contribution < -0.4 is 10.1 Å². The zero-order chi connectivity index (χ0) is 16.4. The fourth-order valence-electron chi connectivity index (χ4n) is 2.06. The zero-order valence-electron chi connectivity index (χ0n) is 11.5. The first-order valence-electron chi connectivity index (χ1n) is 6.51. The number of benzene rings is 2. The van der Waals surface area contributed by atoms with E-state index in [1.165, 1.54) is 12.3 Å². The van der Waals surface area contributed by atoms with Gasteiger partial charge in [-0.2, -0.15) is 0 Å². The van der Waals surface area contributed by atoms with Gasteiger partial charge < -0.3 is 4.74 Å². The van der Waals surface area contributed by atoms with Crippen LogP contribution in [0.1, 0.15) is 0 Å². The van der Waals surface area contributed by atoms with Crippen molar-refractivity contribution in [3.05, 3.63) is 65.3 Å². The topological polar surface area (TPSA) is 51.2 Å². The molecule has 4 nitrogen and oxygen atoms in total. The first-order chi connectivity index (χ1) is 11.0. The fraction of sp³-hybridized carbons (Fsp3) is 0. The van der Waals surface area contributed by atoms with E-state index in [4.69, 9.17) is 16.3 Å². The van der Waals surface area contributed by atoms with Crippen molar-refractivity contribution in [1.82, 2.24) is 4.98 Å². The highest BCUT2D eigenvalue weighted by Gasteiger charge is 2.12. The van der Waals surface area contributed by atoms with Crippen LogP contribution >= 0.6 is 11.6 Å². The van der Waals surface area contributed by atoms with Crippen LogP contribution in [0.4, 0.5) is 19.3 Å². The summed E-state index contributed by atoms with van der Waals surface area (Å²) in [5.74, 6) is -1.43. The van der Waals surface area contributed by atoms with E-state index in [1.54, 1.807) is 18.2 Å². The summed E-state index contributed by atoms with van der Waals surface area (Å²) in [6.45, 7) is 0. The maximum atomic E-state index is 13.1. The first-order valence-corrected chi connectivity index (χ1v) is 6.89. The maximum Gasteiger partial charge on any atom is 0.417 e. The number of aromatic nitrogens is 1. The third kappa shape index (κ3) is 3.37. The zero-order valence-corrected chi connectivity index (χ0v) is 12.3. The molecule has 0 bridgehead atoms. The Balaban J connectivity index is 1.84. The van der Waals surface area contributed by atoms with Crippen molar-refractivity contribution in [3.63, 3.8) is 0 Å². The van der Waals surface area contributed by atoms with E-state index in [0.717, 1.165) is 12.1 Å². The van der Waals surface area contributed by atoms with E-state index in [-0.39, 0.29) is 11.4 Å². The van der Waals surface area contributed by atoms with Gasteiger partial charge in [0, 0.05) is 23.3 Å². The third-order valence-electron chi connectivity index (χ3n) is 2.99. The van der Waals surface area contributed by atoms with Crippen molar-refractivity contribution in [1.29, 1.82) is 0 Å². The second kappa shape index (κ2) is 6.18. The normalized spacial score (nSPS) is 10.6. The van der Waals surface area contributed by atoms with Gasteiger partial charge in [-0.3, -0.25) is 10.3 Å². The number of ether oxygens (including phenoxy) is 1. The molecule has 0 aliphatic carbocycles. The smallest absolute Gasteiger partial charge is 0.408 e. The minimum atomic E-state index is -0.899. The molecule has 0 radical (unpaired) electrons. The Labute approximate surface area is 134 Å². The number of nitrogens with zero attached hydrogens (tertiary/aromatic N) is 1. The highest BCUT2D eigenvalue weighted by Crippen LogP contribution is 2.29. The summed E-state index contributed by atoms with van der Waals surface area (Å²) in [6, 6.07) is 9.14. The molecule has 0 aliphatic rings. The van der Waals surface area contributed by atoms with Crippen molar-refractivity contribution in [3.8, 4) is 5.75 Å². The van der Waals surface area contributed by atoms with Gasteiger partial charge in [0.25, 0.3) is 0 Å². The second-order valence-electron chi connectivity index (χ2n) is 4.62. The number of rotatable bonds is 2. The van der Waals surface area contributed by atoms with E-state index in [1.807, 2.05) is 0 Å². The van der Waals surface area contributed by atoms with Crippen molar-refractivity contribution >= 4 is 34.3 Å². The number of anilines is 1. The molecule has 0 saturated heterocycles. The second-order valence-corrected chi connectivity index (χ2v) is 5.02. The van der Waals surface area contributed by atoms with Gasteiger partial charge in [-0.15, -0.1) is 0 Å². The largest absolute Gasteiger partial charge is 0.417 e. The Hall–Kier alpha value is -2.73. The molecule has 2 aromatic carbocycles. The predicted molar refractivity (Wildman–Crippen MR) is 82.8 cm³/mol. The molecule has 1 aromatic heterocycles. The van der Waals surface area contributed by atoms with Crippen molar-refractivity contribution in [2.45, 2.75) is 0 Å². The lowest BCUT2D eigenvalue weighted by atomic mass is 10.2. The van der Waals surface area contributed by atoms with Gasteiger partial charge in [-0.1, -0.05) is 11.6 Å². The lowest BCUT2D eigenvalue weighted by Crippen LogP contribution is -2.17. The van der Waals surface area contributed by atoms with Crippen LogP contribution in [-0.2, 0) is 0 Å². The van der Waals surface area contributed by atoms with Crippen LogP contribution in [0.3, 0.4) is 0 Å². The molecule has 3 rings (SSSR count). The summed E-state index contributed by atoms with van der Waals surface area (Å²) >= 11 is 6.05. The Morgan fingerprint density at radius 3 is 2.61 bits per heavy atom. The van der Waals surface area contributed by atoms with Crippen LogP contribution in [0, 0.1) is 11.6 Å². The van der Waals surface area contributed by atoms with Crippen LogP contribution in [0.15, 0.2) is 48.7 Å². The van der Waals surface area contributed by atoms with E-state index >= 15 is 0 Å².